The Morgan fingerprint density at radius 1 is 1.56 bits per heavy atom. The van der Waals surface area contributed by atoms with Gasteiger partial charge in [-0.15, -0.1) is 0 Å². The van der Waals surface area contributed by atoms with E-state index >= 15 is 0 Å². The van der Waals surface area contributed by atoms with E-state index in [-0.39, 0.29) is 0 Å². The molecule has 0 heterocycles. The normalized spacial score (nSPS) is 11.9. The molecule has 0 rings (SSSR count). The van der Waals surface area contributed by atoms with Crippen LogP contribution in [-0.2, 0) is 11.8 Å². The predicted molar refractivity (Wildman–Crippen MR) is 53.4 cm³/mol. The van der Waals surface area contributed by atoms with E-state index in [9.17, 15) is 0 Å². The molecule has 0 N–H and O–H groups in total. The molecule has 0 radical (unpaired) electrons. The summed E-state index contributed by atoms with van der Waals surface area (Å²) in [7, 11) is 0. The van der Waals surface area contributed by atoms with Crippen LogP contribution < -0.4 is 0 Å². The van der Waals surface area contributed by atoms with Crippen LogP contribution in [0.1, 0.15) is 19.8 Å². The van der Waals surface area contributed by atoms with Gasteiger partial charge in [-0.3, -0.25) is 0 Å². The highest BCUT2D eigenvalue weighted by Crippen LogP contribution is 2.68. The van der Waals surface area contributed by atoms with Gasteiger partial charge in [0.2, 0.25) is 0 Å². The number of halogens is 2. The molecule has 9 heavy (non-hydrogen) atoms. The minimum atomic E-state index is -2.00. The van der Waals surface area contributed by atoms with Gasteiger partial charge in [-0.05, 0) is 6.42 Å². The summed E-state index contributed by atoms with van der Waals surface area (Å²) in [4.78, 5) is 0. The maximum absolute atomic E-state index is 5.62. The first-order chi connectivity index (χ1) is 4.06. The van der Waals surface area contributed by atoms with Crippen LogP contribution in [0, 0.1) is 0 Å². The fourth-order valence-electron chi connectivity index (χ4n) is 0.315. The second kappa shape index (κ2) is 5.26. The van der Waals surface area contributed by atoms with Crippen LogP contribution in [0.5, 0.6) is 0 Å². The van der Waals surface area contributed by atoms with Crippen LogP contribution >= 0.6 is 37.8 Å². The number of hydrogen-bond donors (Lipinski definition) is 0. The quantitative estimate of drug-likeness (QED) is 0.516. The van der Waals surface area contributed by atoms with E-state index in [1.54, 1.807) is 0 Å². The molecule has 0 aromatic carbocycles. The first-order valence-electron chi connectivity index (χ1n) is 2.70. The monoisotopic (exact) mass is 222 g/mol. The maximum Gasteiger partial charge on any atom is 0.171 e. The van der Waals surface area contributed by atoms with E-state index in [0.717, 1.165) is 12.2 Å². The summed E-state index contributed by atoms with van der Waals surface area (Å²) in [5.41, 5.74) is 0. The second-order valence-corrected chi connectivity index (χ2v) is 13.8. The third-order valence-corrected chi connectivity index (χ3v) is 5.67. The molecule has 0 aromatic heterocycles. The Bertz CT molecular complexity index is 111. The molecule has 5 heteroatoms. The molecule has 0 amide bonds. The fourth-order valence-corrected chi connectivity index (χ4v) is 3.88. The molecule has 0 aliphatic rings. The molecule has 0 fully saturated rings. The molecule has 0 bridgehead atoms. The van der Waals surface area contributed by atoms with Gasteiger partial charge >= 0.3 is 0 Å². The molecule has 0 nitrogen and oxygen atoms in total. The lowest BCUT2D eigenvalue weighted by atomic mass is 10.4. The molecule has 0 aliphatic heterocycles. The lowest BCUT2D eigenvalue weighted by Gasteiger charge is -2.01. The van der Waals surface area contributed by atoms with Gasteiger partial charge in [0, 0.05) is 5.75 Å². The van der Waals surface area contributed by atoms with Crippen LogP contribution in [0.2, 0.25) is 0 Å². The molecule has 0 atom stereocenters. The summed E-state index contributed by atoms with van der Waals surface area (Å²) < 4.78 is -2.00. The van der Waals surface area contributed by atoms with E-state index < -0.39 is 3.95 Å². The maximum atomic E-state index is 5.62. The summed E-state index contributed by atoms with van der Waals surface area (Å²) >= 11 is 17.6. The van der Waals surface area contributed by atoms with Crippen molar-refractivity contribution in [1.29, 1.82) is 0 Å². The minimum Gasteiger partial charge on any atom is -0.0948 e. The van der Waals surface area contributed by atoms with Gasteiger partial charge in [-0.25, -0.2) is 0 Å². The summed E-state index contributed by atoms with van der Waals surface area (Å²) in [5, 5.41) is 0. The highest BCUT2D eigenvalue weighted by Gasteiger charge is 2.06. The summed E-state index contributed by atoms with van der Waals surface area (Å²) in [5.74, 6) is 1.00. The van der Waals surface area contributed by atoms with E-state index in [2.05, 4.69) is 6.92 Å². The zero-order valence-electron chi connectivity index (χ0n) is 5.14. The van der Waals surface area contributed by atoms with Gasteiger partial charge in [0.15, 0.2) is 3.95 Å². The Morgan fingerprint density at radius 3 is 2.44 bits per heavy atom. The Hall–Kier alpha value is 1.58. The highest BCUT2D eigenvalue weighted by atomic mass is 35.9. The molecule has 0 aromatic rings. The molecule has 56 valence electrons. The summed E-state index contributed by atoms with van der Waals surface area (Å²) in [6, 6.07) is 0. The van der Waals surface area contributed by atoms with Gasteiger partial charge in [0.1, 0.15) is 0 Å². The van der Waals surface area contributed by atoms with Crippen molar-refractivity contribution in [3.05, 3.63) is 0 Å². The van der Waals surface area contributed by atoms with Crippen LogP contribution in [0.4, 0.5) is 0 Å². The molecule has 0 saturated carbocycles. The van der Waals surface area contributed by atoms with Crippen molar-refractivity contribution in [2.24, 2.45) is 0 Å². The molecule has 0 spiro atoms. The lowest BCUT2D eigenvalue weighted by Crippen LogP contribution is -1.71. The number of rotatable bonds is 4. The third-order valence-electron chi connectivity index (χ3n) is 0.739. The summed E-state index contributed by atoms with van der Waals surface area (Å²) in [6.45, 7) is 2.13. The van der Waals surface area contributed by atoms with Crippen molar-refractivity contribution in [1.82, 2.24) is 0 Å². The van der Waals surface area contributed by atoms with Crippen LogP contribution in [0.3, 0.4) is 0 Å². The first kappa shape index (κ1) is 10.6. The molecular formula is C4H9Cl2PS2. The van der Waals surface area contributed by atoms with Gasteiger partial charge in [0.25, 0.3) is 0 Å². The molecular weight excluding hydrogens is 214 g/mol. The Morgan fingerprint density at radius 2 is 2.11 bits per heavy atom. The predicted octanol–water partition coefficient (Wildman–Crippen LogP) is 4.22. The van der Waals surface area contributed by atoms with Crippen LogP contribution in [0.15, 0.2) is 0 Å². The van der Waals surface area contributed by atoms with Gasteiger partial charge in [0.05, 0.1) is 0 Å². The van der Waals surface area contributed by atoms with E-state index in [0.29, 0.717) is 0 Å². The van der Waals surface area contributed by atoms with Crippen molar-refractivity contribution in [2.45, 2.75) is 19.8 Å². The minimum absolute atomic E-state index is 1.00. The van der Waals surface area contributed by atoms with Gasteiger partial charge in [-0.2, -0.15) is 0 Å². The average molecular weight is 223 g/mol. The summed E-state index contributed by atoms with van der Waals surface area (Å²) in [6.07, 6.45) is 2.33. The number of hydrogen-bond acceptors (Lipinski definition) is 2. The lowest BCUT2D eigenvalue weighted by molar-refractivity contribution is 0.898. The third kappa shape index (κ3) is 9.58. The molecule has 0 aliphatic carbocycles. The van der Waals surface area contributed by atoms with Crippen molar-refractivity contribution >= 4 is 49.6 Å². The largest absolute Gasteiger partial charge is 0.171 e. The van der Waals surface area contributed by atoms with Crippen molar-refractivity contribution in [2.75, 3.05) is 5.75 Å². The molecule has 0 unspecified atom stereocenters. The van der Waals surface area contributed by atoms with Crippen molar-refractivity contribution in [3.8, 4) is 0 Å². The first-order valence-corrected chi connectivity index (χ1v) is 8.90. The molecule has 0 saturated heterocycles. The van der Waals surface area contributed by atoms with E-state index in [4.69, 9.17) is 34.3 Å². The van der Waals surface area contributed by atoms with Gasteiger partial charge < -0.3 is 0 Å². The highest BCUT2D eigenvalue weighted by molar-refractivity contribution is 8.85. The Labute approximate surface area is 75.0 Å². The Kier molecular flexibility index (Phi) is 6.18. The number of unbranched alkanes of at least 4 members (excludes halogenated alkanes) is 1. The second-order valence-electron chi connectivity index (χ2n) is 1.60. The fraction of sp³-hybridized carbons (Fsp3) is 1.00. The zero-order chi connectivity index (χ0) is 7.33. The topological polar surface area (TPSA) is 0 Å². The average Bonchev–Trinajstić information content (AvgIpc) is 1.63. The van der Waals surface area contributed by atoms with Crippen LogP contribution in [-0.4, -0.2) is 5.75 Å². The van der Waals surface area contributed by atoms with E-state index in [1.165, 1.54) is 17.8 Å². The van der Waals surface area contributed by atoms with Gasteiger partial charge in [-0.1, -0.05) is 59.0 Å². The standard InChI is InChI=1S/C4H9Cl2PS2/c1-2-3-4-9-7(5,6)8/h2-4H2,1H3. The van der Waals surface area contributed by atoms with Crippen molar-refractivity contribution in [3.63, 3.8) is 0 Å². The van der Waals surface area contributed by atoms with Crippen LogP contribution in [0.25, 0.3) is 0 Å². The van der Waals surface area contributed by atoms with E-state index in [1.807, 2.05) is 0 Å². The Balaban J connectivity index is 3.18. The smallest absolute Gasteiger partial charge is 0.0948 e. The SMILES string of the molecule is CCCCSP(=S)(Cl)Cl. The van der Waals surface area contributed by atoms with Crippen molar-refractivity contribution < 1.29 is 0 Å². The zero-order valence-corrected chi connectivity index (χ0v) is 9.18.